The molecule has 1 aliphatic rings. The molecule has 1 aromatic heterocycles. The van der Waals surface area contributed by atoms with Gasteiger partial charge in [0, 0.05) is 6.54 Å². The maximum absolute atomic E-state index is 13.2. The SMILES string of the molecule is Cc1cc(C)c2sc(NC(=O)C3CCCN3S(=O)(=O)c3ccc(F)cc3)nc2c1. The van der Waals surface area contributed by atoms with Crippen LogP contribution in [-0.4, -0.2) is 36.2 Å². The molecule has 0 bridgehead atoms. The van der Waals surface area contributed by atoms with Gasteiger partial charge in [-0.2, -0.15) is 4.31 Å². The number of halogens is 1. The Morgan fingerprint density at radius 2 is 1.97 bits per heavy atom. The van der Waals surface area contributed by atoms with Crippen molar-refractivity contribution < 1.29 is 17.6 Å². The number of fused-ring (bicyclic) bond motifs is 1. The largest absolute Gasteiger partial charge is 0.301 e. The average Bonchev–Trinajstić information content (AvgIpc) is 3.29. The van der Waals surface area contributed by atoms with Crippen molar-refractivity contribution >= 4 is 42.6 Å². The van der Waals surface area contributed by atoms with Gasteiger partial charge in [0.2, 0.25) is 15.9 Å². The monoisotopic (exact) mass is 433 g/mol. The van der Waals surface area contributed by atoms with Crippen molar-refractivity contribution in [3.63, 3.8) is 0 Å². The quantitative estimate of drug-likeness (QED) is 0.678. The number of carbonyl (C=O) groups excluding carboxylic acids is 1. The molecule has 0 aliphatic carbocycles. The van der Waals surface area contributed by atoms with Crippen LogP contribution in [0.3, 0.4) is 0 Å². The molecule has 1 aliphatic heterocycles. The van der Waals surface area contributed by atoms with E-state index in [1.807, 2.05) is 19.9 Å². The fourth-order valence-electron chi connectivity index (χ4n) is 3.65. The third kappa shape index (κ3) is 3.77. The first-order chi connectivity index (χ1) is 13.8. The predicted molar refractivity (Wildman–Crippen MR) is 111 cm³/mol. The number of nitrogens with one attached hydrogen (secondary N) is 1. The maximum Gasteiger partial charge on any atom is 0.244 e. The number of sulfonamides is 1. The third-order valence-corrected chi connectivity index (χ3v) is 8.02. The molecule has 152 valence electrons. The molecule has 1 saturated heterocycles. The summed E-state index contributed by atoms with van der Waals surface area (Å²) in [5, 5.41) is 3.23. The number of carbonyl (C=O) groups is 1. The molecule has 1 atom stereocenters. The van der Waals surface area contributed by atoms with E-state index in [0.717, 1.165) is 33.5 Å². The smallest absolute Gasteiger partial charge is 0.244 e. The van der Waals surface area contributed by atoms with E-state index >= 15 is 0 Å². The number of thiazole rings is 1. The van der Waals surface area contributed by atoms with Crippen molar-refractivity contribution in [3.05, 3.63) is 53.3 Å². The van der Waals surface area contributed by atoms with Gasteiger partial charge in [-0.3, -0.25) is 4.79 Å². The third-order valence-electron chi connectivity index (χ3n) is 4.98. The van der Waals surface area contributed by atoms with Crippen LogP contribution in [0.15, 0.2) is 41.3 Å². The molecule has 9 heteroatoms. The Hall–Kier alpha value is -2.36. The summed E-state index contributed by atoms with van der Waals surface area (Å²) in [4.78, 5) is 17.3. The number of aromatic nitrogens is 1. The highest BCUT2D eigenvalue weighted by Crippen LogP contribution is 2.31. The van der Waals surface area contributed by atoms with Crippen LogP contribution in [0.1, 0.15) is 24.0 Å². The van der Waals surface area contributed by atoms with E-state index in [4.69, 9.17) is 0 Å². The van der Waals surface area contributed by atoms with Crippen molar-refractivity contribution in [2.75, 3.05) is 11.9 Å². The van der Waals surface area contributed by atoms with Gasteiger partial charge in [-0.05, 0) is 68.1 Å². The van der Waals surface area contributed by atoms with Crippen LogP contribution in [0.4, 0.5) is 9.52 Å². The van der Waals surface area contributed by atoms with Gasteiger partial charge < -0.3 is 5.32 Å². The number of anilines is 1. The molecule has 0 spiro atoms. The van der Waals surface area contributed by atoms with Crippen molar-refractivity contribution in [2.24, 2.45) is 0 Å². The van der Waals surface area contributed by atoms with Gasteiger partial charge in [0.05, 0.1) is 15.1 Å². The number of hydrogen-bond acceptors (Lipinski definition) is 5. The summed E-state index contributed by atoms with van der Waals surface area (Å²) in [5.74, 6) is -0.914. The van der Waals surface area contributed by atoms with Gasteiger partial charge in [0.25, 0.3) is 0 Å². The number of amides is 1. The Balaban J connectivity index is 1.58. The molecule has 0 saturated carbocycles. The Kier molecular flexibility index (Phi) is 5.14. The first-order valence-corrected chi connectivity index (χ1v) is 11.5. The van der Waals surface area contributed by atoms with Gasteiger partial charge in [-0.15, -0.1) is 0 Å². The van der Waals surface area contributed by atoms with E-state index < -0.39 is 27.8 Å². The molecule has 2 aromatic carbocycles. The molecule has 4 rings (SSSR count). The van der Waals surface area contributed by atoms with Crippen LogP contribution >= 0.6 is 11.3 Å². The Labute approximate surface area is 172 Å². The molecule has 29 heavy (non-hydrogen) atoms. The summed E-state index contributed by atoms with van der Waals surface area (Å²) in [5.41, 5.74) is 2.98. The first kappa shape index (κ1) is 19.9. The van der Waals surface area contributed by atoms with Gasteiger partial charge in [-0.1, -0.05) is 17.4 Å². The molecule has 2 heterocycles. The molecule has 1 fully saturated rings. The molecule has 0 radical (unpaired) electrons. The molecule has 1 N–H and O–H groups in total. The standard InChI is InChI=1S/C20H20FN3O3S2/c1-12-10-13(2)18-16(11-12)22-20(28-18)23-19(25)17-4-3-9-24(17)29(26,27)15-7-5-14(21)6-8-15/h5-8,10-11,17H,3-4,9H2,1-2H3,(H,22,23,25). The lowest BCUT2D eigenvalue weighted by molar-refractivity contribution is -0.119. The second-order valence-electron chi connectivity index (χ2n) is 7.17. The Morgan fingerprint density at radius 3 is 2.69 bits per heavy atom. The molecule has 1 unspecified atom stereocenters. The Bertz CT molecular complexity index is 1190. The van der Waals surface area contributed by atoms with Crippen molar-refractivity contribution in [3.8, 4) is 0 Å². The van der Waals surface area contributed by atoms with Gasteiger partial charge in [0.15, 0.2) is 5.13 Å². The lowest BCUT2D eigenvalue weighted by atomic mass is 10.1. The minimum atomic E-state index is -3.89. The van der Waals surface area contributed by atoms with Crippen LogP contribution in [0.25, 0.3) is 10.2 Å². The highest BCUT2D eigenvalue weighted by Gasteiger charge is 2.39. The van der Waals surface area contributed by atoms with Crippen molar-refractivity contribution in [2.45, 2.75) is 37.6 Å². The van der Waals surface area contributed by atoms with E-state index in [1.165, 1.54) is 27.8 Å². The topological polar surface area (TPSA) is 79.4 Å². The lowest BCUT2D eigenvalue weighted by Crippen LogP contribution is -2.43. The summed E-state index contributed by atoms with van der Waals surface area (Å²) < 4.78 is 41.2. The summed E-state index contributed by atoms with van der Waals surface area (Å²) >= 11 is 1.37. The normalized spacial score (nSPS) is 17.7. The molecular formula is C20H20FN3O3S2. The molecular weight excluding hydrogens is 413 g/mol. The maximum atomic E-state index is 13.2. The van der Waals surface area contributed by atoms with Gasteiger partial charge in [-0.25, -0.2) is 17.8 Å². The second-order valence-corrected chi connectivity index (χ2v) is 10.1. The number of aryl methyl sites for hydroxylation is 2. The summed E-state index contributed by atoms with van der Waals surface area (Å²) in [6.07, 6.45) is 1.01. The van der Waals surface area contributed by atoms with Crippen molar-refractivity contribution in [1.29, 1.82) is 0 Å². The lowest BCUT2D eigenvalue weighted by Gasteiger charge is -2.23. The molecule has 6 nitrogen and oxygen atoms in total. The van der Waals surface area contributed by atoms with Crippen LogP contribution < -0.4 is 5.32 Å². The van der Waals surface area contributed by atoms with E-state index in [0.29, 0.717) is 18.0 Å². The zero-order valence-corrected chi connectivity index (χ0v) is 17.6. The van der Waals surface area contributed by atoms with Crippen LogP contribution in [0.5, 0.6) is 0 Å². The second kappa shape index (κ2) is 7.47. The highest BCUT2D eigenvalue weighted by molar-refractivity contribution is 7.89. The fourth-order valence-corrected chi connectivity index (χ4v) is 6.23. The fraction of sp³-hybridized carbons (Fsp3) is 0.300. The predicted octanol–water partition coefficient (Wildman–Crippen LogP) is 3.84. The minimum Gasteiger partial charge on any atom is -0.301 e. The molecule has 1 amide bonds. The van der Waals surface area contributed by atoms with E-state index in [2.05, 4.69) is 16.4 Å². The summed E-state index contributed by atoms with van der Waals surface area (Å²) in [7, 11) is -3.89. The number of hydrogen-bond donors (Lipinski definition) is 1. The average molecular weight is 434 g/mol. The van der Waals surface area contributed by atoms with Crippen LogP contribution in [-0.2, 0) is 14.8 Å². The van der Waals surface area contributed by atoms with E-state index in [-0.39, 0.29) is 11.4 Å². The summed E-state index contributed by atoms with van der Waals surface area (Å²) in [6.45, 7) is 4.23. The Morgan fingerprint density at radius 1 is 1.24 bits per heavy atom. The van der Waals surface area contributed by atoms with Crippen molar-refractivity contribution in [1.82, 2.24) is 9.29 Å². The highest BCUT2D eigenvalue weighted by atomic mass is 32.2. The number of nitrogens with zero attached hydrogens (tertiary/aromatic N) is 2. The van der Waals surface area contributed by atoms with Crippen LogP contribution in [0, 0.1) is 19.7 Å². The van der Waals surface area contributed by atoms with E-state index in [9.17, 15) is 17.6 Å². The summed E-state index contributed by atoms with van der Waals surface area (Å²) in [6, 6.07) is 7.83. The van der Waals surface area contributed by atoms with Gasteiger partial charge in [0.1, 0.15) is 11.9 Å². The van der Waals surface area contributed by atoms with Gasteiger partial charge >= 0.3 is 0 Å². The molecule has 3 aromatic rings. The first-order valence-electron chi connectivity index (χ1n) is 9.22. The zero-order chi connectivity index (χ0) is 20.8. The van der Waals surface area contributed by atoms with Crippen LogP contribution in [0.2, 0.25) is 0 Å². The number of rotatable bonds is 4. The van der Waals surface area contributed by atoms with E-state index in [1.54, 1.807) is 0 Å². The number of benzene rings is 2. The minimum absolute atomic E-state index is 0.0234. The zero-order valence-electron chi connectivity index (χ0n) is 16.0.